The van der Waals surface area contributed by atoms with Crippen molar-refractivity contribution in [1.29, 1.82) is 0 Å². The molecule has 5 heteroatoms. The van der Waals surface area contributed by atoms with E-state index in [9.17, 15) is 4.91 Å². The van der Waals surface area contributed by atoms with Crippen molar-refractivity contribution in [3.05, 3.63) is 16.5 Å². The number of rotatable bonds is 1. The minimum Gasteiger partial charge on any atom is -0.176 e. The Labute approximate surface area is 55.6 Å². The molecule has 0 atom stereocenters. The third kappa shape index (κ3) is 1.41. The van der Waals surface area contributed by atoms with E-state index in [0.717, 1.165) is 5.08 Å². The standard InChI is InChI=1S/C3H4N2OS2/c6-4-5-1-2-7-3-8-5/h1-2H,3H2. The Bertz CT molecular complexity index is 116. The molecular formula is C3H4N2OS2. The molecule has 0 saturated carbocycles. The van der Waals surface area contributed by atoms with Gasteiger partial charge in [-0.3, -0.25) is 0 Å². The van der Waals surface area contributed by atoms with E-state index in [1.807, 2.05) is 5.41 Å². The predicted molar refractivity (Wildman–Crippen MR) is 36.8 cm³/mol. The van der Waals surface area contributed by atoms with Crippen LogP contribution in [0.5, 0.6) is 0 Å². The van der Waals surface area contributed by atoms with Crippen molar-refractivity contribution in [3.8, 4) is 0 Å². The van der Waals surface area contributed by atoms with Crippen molar-refractivity contribution in [1.82, 2.24) is 4.41 Å². The van der Waals surface area contributed by atoms with Gasteiger partial charge in [-0.1, -0.05) is 0 Å². The van der Waals surface area contributed by atoms with Crippen LogP contribution in [0.3, 0.4) is 0 Å². The minimum atomic E-state index is 0.877. The van der Waals surface area contributed by atoms with E-state index in [0.29, 0.717) is 0 Å². The second-order valence-electron chi connectivity index (χ2n) is 1.08. The van der Waals surface area contributed by atoms with Gasteiger partial charge in [0, 0.05) is 6.20 Å². The van der Waals surface area contributed by atoms with Gasteiger partial charge in [-0.05, 0) is 17.4 Å². The zero-order valence-corrected chi connectivity index (χ0v) is 5.61. The van der Waals surface area contributed by atoms with E-state index < -0.39 is 0 Å². The van der Waals surface area contributed by atoms with Crippen LogP contribution in [0.1, 0.15) is 0 Å². The highest BCUT2D eigenvalue weighted by Gasteiger charge is 2.01. The SMILES string of the molecule is O=NN1C=CSCS1. The van der Waals surface area contributed by atoms with Gasteiger partial charge in [-0.2, -0.15) is 4.41 Å². The molecule has 3 nitrogen and oxygen atoms in total. The highest BCUT2D eigenvalue weighted by atomic mass is 32.2. The van der Waals surface area contributed by atoms with E-state index in [2.05, 4.69) is 5.29 Å². The summed E-state index contributed by atoms with van der Waals surface area (Å²) >= 11 is 3.05. The summed E-state index contributed by atoms with van der Waals surface area (Å²) in [6.45, 7) is 0. The summed E-state index contributed by atoms with van der Waals surface area (Å²) in [6.07, 6.45) is 1.64. The van der Waals surface area contributed by atoms with Gasteiger partial charge in [-0.15, -0.1) is 16.7 Å². The second-order valence-corrected chi connectivity index (χ2v) is 3.26. The summed E-state index contributed by atoms with van der Waals surface area (Å²) in [4.78, 5) is 9.75. The van der Waals surface area contributed by atoms with Crippen LogP contribution in [0, 0.1) is 4.91 Å². The van der Waals surface area contributed by atoms with Gasteiger partial charge in [0.2, 0.25) is 0 Å². The van der Waals surface area contributed by atoms with Crippen LogP contribution in [0.25, 0.3) is 0 Å². The highest BCUT2D eigenvalue weighted by molar-refractivity contribution is 8.16. The molecule has 0 fully saturated rings. The van der Waals surface area contributed by atoms with E-state index in [1.54, 1.807) is 18.0 Å². The maximum atomic E-state index is 9.75. The summed E-state index contributed by atoms with van der Waals surface area (Å²) in [5, 5.41) is 5.42. The van der Waals surface area contributed by atoms with Crippen LogP contribution >= 0.6 is 23.7 Å². The van der Waals surface area contributed by atoms with Crippen LogP contribution < -0.4 is 0 Å². The zero-order chi connectivity index (χ0) is 5.82. The molecule has 0 N–H and O–H groups in total. The average Bonchev–Trinajstić information content (AvgIpc) is 1.90. The van der Waals surface area contributed by atoms with Gasteiger partial charge >= 0.3 is 0 Å². The van der Waals surface area contributed by atoms with Crippen molar-refractivity contribution in [2.24, 2.45) is 5.29 Å². The molecule has 0 spiro atoms. The number of hydrogen-bond acceptors (Lipinski definition) is 4. The Morgan fingerprint density at radius 3 is 3.00 bits per heavy atom. The fraction of sp³-hybridized carbons (Fsp3) is 0.333. The third-order valence-electron chi connectivity index (χ3n) is 0.618. The summed E-state index contributed by atoms with van der Waals surface area (Å²) in [5.74, 6) is 0. The molecule has 8 heavy (non-hydrogen) atoms. The van der Waals surface area contributed by atoms with Crippen LogP contribution in [0.15, 0.2) is 16.9 Å². The minimum absolute atomic E-state index is 0.877. The van der Waals surface area contributed by atoms with E-state index >= 15 is 0 Å². The molecular weight excluding hydrogens is 144 g/mol. The van der Waals surface area contributed by atoms with Crippen LogP contribution in [0.4, 0.5) is 0 Å². The number of hydrogen-bond donors (Lipinski definition) is 0. The van der Waals surface area contributed by atoms with Crippen molar-refractivity contribution in [2.75, 3.05) is 5.08 Å². The Morgan fingerprint density at radius 2 is 2.62 bits per heavy atom. The second kappa shape index (κ2) is 2.99. The maximum Gasteiger partial charge on any atom is 0.0681 e. The topological polar surface area (TPSA) is 32.7 Å². The summed E-state index contributed by atoms with van der Waals surface area (Å²) < 4.78 is 1.30. The van der Waals surface area contributed by atoms with Gasteiger partial charge in [0.1, 0.15) is 0 Å². The molecule has 0 radical (unpaired) electrons. The smallest absolute Gasteiger partial charge is 0.0681 e. The average molecular weight is 148 g/mol. The maximum absolute atomic E-state index is 9.75. The lowest BCUT2D eigenvalue weighted by molar-refractivity contribution is 0.670. The normalized spacial score (nSPS) is 18.8. The molecule has 0 bridgehead atoms. The summed E-state index contributed by atoms with van der Waals surface area (Å²) in [6, 6.07) is 0. The van der Waals surface area contributed by atoms with Crippen LogP contribution in [-0.4, -0.2) is 9.50 Å². The molecule has 0 aromatic carbocycles. The molecule has 0 aromatic heterocycles. The third-order valence-corrected chi connectivity index (χ3v) is 2.35. The Balaban J connectivity index is 2.42. The first-order valence-electron chi connectivity index (χ1n) is 1.97. The lowest BCUT2D eigenvalue weighted by Crippen LogP contribution is -1.99. The summed E-state index contributed by atoms with van der Waals surface area (Å²) in [5.41, 5.74) is 0. The van der Waals surface area contributed by atoms with E-state index in [-0.39, 0.29) is 0 Å². The molecule has 0 unspecified atom stereocenters. The molecule has 0 amide bonds. The Kier molecular flexibility index (Phi) is 2.23. The first kappa shape index (κ1) is 5.97. The first-order valence-corrected chi connectivity index (χ1v) is 3.96. The molecule has 1 aliphatic rings. The van der Waals surface area contributed by atoms with Crippen LogP contribution in [0.2, 0.25) is 0 Å². The van der Waals surface area contributed by atoms with Crippen molar-refractivity contribution in [3.63, 3.8) is 0 Å². The molecule has 0 saturated heterocycles. The van der Waals surface area contributed by atoms with Gasteiger partial charge in [0.05, 0.1) is 10.4 Å². The lowest BCUT2D eigenvalue weighted by Gasteiger charge is -2.10. The fourth-order valence-corrected chi connectivity index (χ4v) is 1.77. The summed E-state index contributed by atoms with van der Waals surface area (Å²) in [7, 11) is 0. The highest BCUT2D eigenvalue weighted by Crippen LogP contribution is 2.23. The van der Waals surface area contributed by atoms with E-state index in [4.69, 9.17) is 0 Å². The number of nitroso groups, excluding NO2 is 1. The molecule has 0 aromatic rings. The van der Waals surface area contributed by atoms with E-state index in [1.165, 1.54) is 16.4 Å². The van der Waals surface area contributed by atoms with Gasteiger partial charge in [-0.25, -0.2) is 0 Å². The largest absolute Gasteiger partial charge is 0.176 e. The Morgan fingerprint density at radius 1 is 1.75 bits per heavy atom. The fourth-order valence-electron chi connectivity index (χ4n) is 0.313. The lowest BCUT2D eigenvalue weighted by atomic mass is 11.1. The predicted octanol–water partition coefficient (Wildman–Crippen LogP) is 1.79. The number of thioether (sulfide) groups is 1. The van der Waals surface area contributed by atoms with Gasteiger partial charge in [0.25, 0.3) is 0 Å². The molecule has 0 aliphatic carbocycles. The van der Waals surface area contributed by atoms with Crippen LogP contribution in [-0.2, 0) is 0 Å². The molecule has 1 heterocycles. The monoisotopic (exact) mass is 148 g/mol. The zero-order valence-electron chi connectivity index (χ0n) is 3.98. The Hall–Kier alpha value is -0.160. The van der Waals surface area contributed by atoms with Gasteiger partial charge in [0.15, 0.2) is 0 Å². The van der Waals surface area contributed by atoms with Crippen molar-refractivity contribution >= 4 is 23.7 Å². The molecule has 1 rings (SSSR count). The quantitative estimate of drug-likeness (QED) is 0.419. The number of nitrogens with zero attached hydrogens (tertiary/aromatic N) is 2. The molecule has 44 valence electrons. The van der Waals surface area contributed by atoms with Crippen molar-refractivity contribution < 1.29 is 0 Å². The van der Waals surface area contributed by atoms with Gasteiger partial charge < -0.3 is 0 Å². The molecule has 1 aliphatic heterocycles. The first-order chi connectivity index (χ1) is 3.93. The van der Waals surface area contributed by atoms with Crippen molar-refractivity contribution in [2.45, 2.75) is 0 Å².